The summed E-state index contributed by atoms with van der Waals surface area (Å²) in [7, 11) is 1.72. The maximum absolute atomic E-state index is 8.06. The highest BCUT2D eigenvalue weighted by atomic mass is 31.0. The Bertz CT molecular complexity index is 22.7. The molecule has 6 heavy (non-hydrogen) atoms. The van der Waals surface area contributed by atoms with Crippen LogP contribution in [-0.2, 0) is 4.57 Å². The highest BCUT2D eigenvalue weighted by molar-refractivity contribution is 7.00. The quantitative estimate of drug-likeness (QED) is 0.430. The van der Waals surface area contributed by atoms with Crippen LogP contribution in [0, 0.1) is 0 Å². The third kappa shape index (κ3) is 2.34. The molecule has 0 spiro atoms. The summed E-state index contributed by atoms with van der Waals surface area (Å²) in [6.45, 7) is 0. The van der Waals surface area contributed by atoms with E-state index >= 15 is 0 Å². The van der Waals surface area contributed by atoms with Crippen LogP contribution in [0.5, 0.6) is 0 Å². The van der Waals surface area contributed by atoms with Gasteiger partial charge in [-0.1, -0.05) is 25.7 Å². The van der Waals surface area contributed by atoms with Crippen LogP contribution < -0.4 is 0 Å². The zero-order valence-electron chi connectivity index (χ0n) is 3.74. The molecule has 36 valence electrons. The lowest BCUT2D eigenvalue weighted by Gasteiger charge is -2.05. The first-order valence-corrected chi connectivity index (χ1v) is 2.61. The highest BCUT2D eigenvalue weighted by Crippen LogP contribution is 2.15. The van der Waals surface area contributed by atoms with Crippen molar-refractivity contribution in [3.63, 3.8) is 0 Å². The summed E-state index contributed by atoms with van der Waals surface area (Å²) >= 11 is 0. The molecular weight excluding hydrogens is 95.0 g/mol. The molecule has 1 aliphatic carbocycles. The van der Waals surface area contributed by atoms with Crippen molar-refractivity contribution >= 4 is 9.12 Å². The Hall–Kier alpha value is 0.100. The van der Waals surface area contributed by atoms with E-state index in [2.05, 4.69) is 0 Å². The molecule has 0 saturated heterocycles. The van der Waals surface area contributed by atoms with Gasteiger partial charge in [0.15, 0.2) is 0 Å². The molecule has 1 fully saturated rings. The molecule has 0 bridgehead atoms. The minimum Gasteiger partial charge on any atom is -0.279 e. The van der Waals surface area contributed by atoms with E-state index in [1.54, 1.807) is 9.12 Å². The minimum atomic E-state index is 1.50. The first kappa shape index (κ1) is 6.10. The van der Waals surface area contributed by atoms with Crippen LogP contribution in [0.25, 0.3) is 0 Å². The standard InChI is InChI=1S/C4H8.HOP/c1-2-4-3-1;1-2/h1-4H2;2H. The van der Waals surface area contributed by atoms with Crippen molar-refractivity contribution in [3.8, 4) is 0 Å². The van der Waals surface area contributed by atoms with E-state index in [4.69, 9.17) is 4.57 Å². The van der Waals surface area contributed by atoms with Crippen LogP contribution in [0.15, 0.2) is 0 Å². The van der Waals surface area contributed by atoms with Crippen LogP contribution in [0.1, 0.15) is 25.7 Å². The lowest BCUT2D eigenvalue weighted by molar-refractivity contribution is 0.504. The average molecular weight is 104 g/mol. The second-order valence-electron chi connectivity index (χ2n) is 1.41. The van der Waals surface area contributed by atoms with Crippen LogP contribution in [0.2, 0.25) is 0 Å². The predicted molar refractivity (Wildman–Crippen MR) is 27.5 cm³/mol. The van der Waals surface area contributed by atoms with Gasteiger partial charge in [-0.15, -0.1) is 0 Å². The zero-order valence-corrected chi connectivity index (χ0v) is 4.74. The van der Waals surface area contributed by atoms with Crippen LogP contribution in [0.3, 0.4) is 0 Å². The third-order valence-corrected chi connectivity index (χ3v) is 1.000. The first-order valence-electron chi connectivity index (χ1n) is 2.20. The maximum atomic E-state index is 8.06. The predicted octanol–water partition coefficient (Wildman–Crippen LogP) is 2.04. The van der Waals surface area contributed by atoms with E-state index < -0.39 is 0 Å². The topological polar surface area (TPSA) is 17.1 Å². The molecule has 1 rings (SSSR count). The summed E-state index contributed by atoms with van der Waals surface area (Å²) in [5.74, 6) is 0. The number of hydrogen-bond acceptors (Lipinski definition) is 1. The van der Waals surface area contributed by atoms with E-state index in [-0.39, 0.29) is 0 Å². The fourth-order valence-corrected chi connectivity index (χ4v) is 0.250. The van der Waals surface area contributed by atoms with E-state index in [0.717, 1.165) is 0 Å². The fraction of sp³-hybridized carbons (Fsp3) is 1.00. The van der Waals surface area contributed by atoms with Crippen molar-refractivity contribution in [2.75, 3.05) is 0 Å². The van der Waals surface area contributed by atoms with Crippen LogP contribution in [0.4, 0.5) is 0 Å². The average Bonchev–Trinajstić information content (AvgIpc) is 1.36. The third-order valence-electron chi connectivity index (χ3n) is 1.000. The molecule has 0 N–H and O–H groups in total. The van der Waals surface area contributed by atoms with Crippen molar-refractivity contribution in [3.05, 3.63) is 0 Å². The molecule has 0 aromatic rings. The molecular formula is C4H9OP. The number of rotatable bonds is 0. The van der Waals surface area contributed by atoms with E-state index in [0.29, 0.717) is 0 Å². The van der Waals surface area contributed by atoms with Gasteiger partial charge in [0.2, 0.25) is 0 Å². The molecule has 0 atom stereocenters. The highest BCUT2D eigenvalue weighted by Gasteiger charge is 1.95. The molecule has 0 amide bonds. The van der Waals surface area contributed by atoms with Gasteiger partial charge in [0.25, 0.3) is 0 Å². The Labute approximate surface area is 40.4 Å². The summed E-state index contributed by atoms with van der Waals surface area (Å²) in [6.07, 6.45) is 6.00. The van der Waals surface area contributed by atoms with Gasteiger partial charge in [-0.2, -0.15) is 0 Å². The molecule has 0 heterocycles. The molecule has 1 saturated carbocycles. The first-order chi connectivity index (χ1) is 3.00. The zero-order chi connectivity index (χ0) is 4.83. The number of hydrogen-bond donors (Lipinski definition) is 0. The van der Waals surface area contributed by atoms with Gasteiger partial charge < -0.3 is 0 Å². The molecule has 0 radical (unpaired) electrons. The summed E-state index contributed by atoms with van der Waals surface area (Å²) < 4.78 is 8.06. The lowest BCUT2D eigenvalue weighted by Crippen LogP contribution is -1.85. The Kier molecular flexibility index (Phi) is 5.18. The Morgan fingerprint density at radius 2 is 1.00 bits per heavy atom. The lowest BCUT2D eigenvalue weighted by atomic mass is 10.0. The van der Waals surface area contributed by atoms with Gasteiger partial charge >= 0.3 is 0 Å². The smallest absolute Gasteiger partial charge is 0.138 e. The van der Waals surface area contributed by atoms with Crippen molar-refractivity contribution in [2.24, 2.45) is 0 Å². The van der Waals surface area contributed by atoms with Crippen LogP contribution >= 0.6 is 9.12 Å². The van der Waals surface area contributed by atoms with Gasteiger partial charge in [0, 0.05) is 0 Å². The largest absolute Gasteiger partial charge is 0.279 e. The molecule has 1 nitrogen and oxygen atoms in total. The Balaban J connectivity index is 0.000000112. The minimum absolute atomic E-state index is 1.50. The second-order valence-corrected chi connectivity index (χ2v) is 1.41. The van der Waals surface area contributed by atoms with Gasteiger partial charge in [0.1, 0.15) is 9.12 Å². The van der Waals surface area contributed by atoms with Crippen molar-refractivity contribution in [1.82, 2.24) is 0 Å². The molecule has 0 unspecified atom stereocenters. The van der Waals surface area contributed by atoms with Crippen LogP contribution in [-0.4, -0.2) is 0 Å². The Morgan fingerprint density at radius 1 is 0.833 bits per heavy atom. The van der Waals surface area contributed by atoms with Crippen molar-refractivity contribution in [2.45, 2.75) is 25.7 Å². The van der Waals surface area contributed by atoms with Crippen molar-refractivity contribution < 1.29 is 4.57 Å². The Morgan fingerprint density at radius 3 is 1.00 bits per heavy atom. The molecule has 0 aromatic heterocycles. The summed E-state index contributed by atoms with van der Waals surface area (Å²) in [4.78, 5) is 0. The molecule has 2 heteroatoms. The second kappa shape index (κ2) is 5.10. The summed E-state index contributed by atoms with van der Waals surface area (Å²) in [5, 5.41) is 0. The van der Waals surface area contributed by atoms with E-state index in [9.17, 15) is 0 Å². The fourth-order valence-electron chi connectivity index (χ4n) is 0.250. The SMILES string of the molecule is C1CCC1.O=P. The molecule has 0 aromatic carbocycles. The van der Waals surface area contributed by atoms with Gasteiger partial charge in [-0.25, -0.2) is 0 Å². The molecule has 0 aliphatic heterocycles. The van der Waals surface area contributed by atoms with E-state index in [1.165, 1.54) is 25.7 Å². The van der Waals surface area contributed by atoms with Gasteiger partial charge in [-0.3, -0.25) is 4.57 Å². The van der Waals surface area contributed by atoms with Gasteiger partial charge in [0.05, 0.1) is 0 Å². The molecule has 1 aliphatic rings. The summed E-state index contributed by atoms with van der Waals surface area (Å²) in [6, 6.07) is 0. The van der Waals surface area contributed by atoms with E-state index in [1.807, 2.05) is 0 Å². The van der Waals surface area contributed by atoms with Crippen molar-refractivity contribution in [1.29, 1.82) is 0 Å². The normalized spacial score (nSPS) is 16.7. The monoisotopic (exact) mass is 104 g/mol. The maximum Gasteiger partial charge on any atom is 0.138 e. The van der Waals surface area contributed by atoms with Gasteiger partial charge in [-0.05, 0) is 0 Å². The summed E-state index contributed by atoms with van der Waals surface area (Å²) in [5.41, 5.74) is 0.